The number of likely N-dealkylation sites (tertiary alicyclic amines) is 1. The zero-order valence-corrected chi connectivity index (χ0v) is 8.39. The maximum absolute atomic E-state index is 10.4. The lowest BCUT2D eigenvalue weighted by molar-refractivity contribution is -0.130. The van der Waals surface area contributed by atoms with Crippen LogP contribution in [0.25, 0.3) is 0 Å². The van der Waals surface area contributed by atoms with Crippen LogP contribution >= 0.6 is 12.0 Å². The van der Waals surface area contributed by atoms with Gasteiger partial charge in [0.05, 0.1) is 12.0 Å². The van der Waals surface area contributed by atoms with Gasteiger partial charge in [-0.1, -0.05) is 0 Å². The summed E-state index contributed by atoms with van der Waals surface area (Å²) in [7, 11) is 2.12. The Morgan fingerprint density at radius 2 is 2.50 bits per heavy atom. The molecule has 12 heavy (non-hydrogen) atoms. The van der Waals surface area contributed by atoms with E-state index in [0.717, 1.165) is 5.75 Å². The summed E-state index contributed by atoms with van der Waals surface area (Å²) in [6.45, 7) is 2.61. The molecule has 1 heterocycles. The molecular weight excluding hydrogens is 174 g/mol. The molecule has 0 saturated carbocycles. The van der Waals surface area contributed by atoms with Crippen LogP contribution < -0.4 is 0 Å². The van der Waals surface area contributed by atoms with Crippen LogP contribution in [0.3, 0.4) is 0 Å². The van der Waals surface area contributed by atoms with Crippen LogP contribution in [0.5, 0.6) is 0 Å². The fourth-order valence-electron chi connectivity index (χ4n) is 1.39. The molecule has 0 bridgehead atoms. The summed E-state index contributed by atoms with van der Waals surface area (Å²) in [5, 5.41) is 0. The van der Waals surface area contributed by atoms with E-state index in [0.29, 0.717) is 6.04 Å². The minimum Gasteiger partial charge on any atom is -0.392 e. The molecule has 1 aliphatic rings. The minimum absolute atomic E-state index is 0.208. The van der Waals surface area contributed by atoms with Gasteiger partial charge in [0.1, 0.15) is 0 Å². The van der Waals surface area contributed by atoms with Gasteiger partial charge in [-0.05, 0) is 26.4 Å². The van der Waals surface area contributed by atoms with E-state index >= 15 is 0 Å². The Bertz CT molecular complexity index is 163. The smallest absolute Gasteiger partial charge is 0.314 e. The molecule has 3 nitrogen and oxygen atoms in total. The number of carbonyl (C=O) groups is 1. The first-order valence-electron chi connectivity index (χ1n) is 4.20. The zero-order chi connectivity index (χ0) is 8.97. The molecule has 0 spiro atoms. The Balaban J connectivity index is 2.10. The minimum atomic E-state index is -0.208. The Labute approximate surface area is 77.7 Å². The van der Waals surface area contributed by atoms with Crippen LogP contribution in [0.15, 0.2) is 0 Å². The molecule has 0 aromatic carbocycles. The van der Waals surface area contributed by atoms with Gasteiger partial charge in [-0.3, -0.25) is 4.79 Å². The Kier molecular flexibility index (Phi) is 3.88. The molecule has 0 aromatic rings. The summed E-state index contributed by atoms with van der Waals surface area (Å²) < 4.78 is 4.80. The standard InChI is InChI=1S/C8H15NO2S/c1-7(10)11-12-6-8-4-3-5-9(8)2/h8H,3-6H2,1-2H3/t8-/m0/s1. The first-order valence-corrected chi connectivity index (χ1v) is 5.11. The van der Waals surface area contributed by atoms with Gasteiger partial charge in [0.15, 0.2) is 0 Å². The third-order valence-corrected chi connectivity index (χ3v) is 2.98. The van der Waals surface area contributed by atoms with Gasteiger partial charge in [0.25, 0.3) is 0 Å². The van der Waals surface area contributed by atoms with E-state index in [2.05, 4.69) is 11.9 Å². The van der Waals surface area contributed by atoms with Crippen LogP contribution in [0.4, 0.5) is 0 Å². The van der Waals surface area contributed by atoms with Gasteiger partial charge < -0.3 is 9.08 Å². The molecule has 1 atom stereocenters. The molecule has 0 amide bonds. The predicted octanol–water partition coefficient (Wildman–Crippen LogP) is 1.29. The number of rotatable bonds is 3. The number of nitrogens with zero attached hydrogens (tertiary/aromatic N) is 1. The molecule has 0 aromatic heterocycles. The zero-order valence-electron chi connectivity index (χ0n) is 7.58. The van der Waals surface area contributed by atoms with Crippen molar-refractivity contribution in [1.82, 2.24) is 4.90 Å². The van der Waals surface area contributed by atoms with Gasteiger partial charge in [-0.15, -0.1) is 0 Å². The number of hydrogen-bond acceptors (Lipinski definition) is 4. The Hall–Kier alpha value is -0.220. The van der Waals surface area contributed by atoms with Crippen LogP contribution in [0.1, 0.15) is 19.8 Å². The highest BCUT2D eigenvalue weighted by Crippen LogP contribution is 2.19. The van der Waals surface area contributed by atoms with Crippen molar-refractivity contribution in [2.75, 3.05) is 19.3 Å². The van der Waals surface area contributed by atoms with Crippen molar-refractivity contribution < 1.29 is 8.98 Å². The van der Waals surface area contributed by atoms with Gasteiger partial charge in [-0.25, -0.2) is 0 Å². The lowest BCUT2D eigenvalue weighted by Crippen LogP contribution is -2.27. The quantitative estimate of drug-likeness (QED) is 0.626. The van der Waals surface area contributed by atoms with Crippen molar-refractivity contribution in [2.45, 2.75) is 25.8 Å². The molecule has 1 saturated heterocycles. The first kappa shape index (κ1) is 9.86. The average Bonchev–Trinajstić information content (AvgIpc) is 2.36. The van der Waals surface area contributed by atoms with Crippen LogP contribution in [-0.4, -0.2) is 36.3 Å². The Morgan fingerprint density at radius 1 is 1.75 bits per heavy atom. The van der Waals surface area contributed by atoms with E-state index in [1.54, 1.807) is 0 Å². The maximum atomic E-state index is 10.4. The highest BCUT2D eigenvalue weighted by Gasteiger charge is 2.20. The Morgan fingerprint density at radius 3 is 3.00 bits per heavy atom. The molecular formula is C8H15NO2S. The molecule has 0 unspecified atom stereocenters. The number of hydrogen-bond donors (Lipinski definition) is 0. The third-order valence-electron chi connectivity index (χ3n) is 2.11. The monoisotopic (exact) mass is 189 g/mol. The number of carbonyl (C=O) groups excluding carboxylic acids is 1. The molecule has 0 aliphatic carbocycles. The summed E-state index contributed by atoms with van der Waals surface area (Å²) in [6, 6.07) is 0.592. The van der Waals surface area contributed by atoms with E-state index in [-0.39, 0.29) is 5.97 Å². The van der Waals surface area contributed by atoms with Crippen LogP contribution in [0.2, 0.25) is 0 Å². The van der Waals surface area contributed by atoms with Gasteiger partial charge in [0.2, 0.25) is 0 Å². The van der Waals surface area contributed by atoms with Crippen molar-refractivity contribution in [1.29, 1.82) is 0 Å². The largest absolute Gasteiger partial charge is 0.392 e. The van der Waals surface area contributed by atoms with Gasteiger partial charge in [0, 0.05) is 18.7 Å². The van der Waals surface area contributed by atoms with Crippen LogP contribution in [-0.2, 0) is 8.98 Å². The lowest BCUT2D eigenvalue weighted by Gasteiger charge is -2.17. The molecule has 1 fully saturated rings. The third kappa shape index (κ3) is 3.03. The molecule has 0 radical (unpaired) electrons. The summed E-state index contributed by atoms with van der Waals surface area (Å²) in [6.07, 6.45) is 2.49. The fraction of sp³-hybridized carbons (Fsp3) is 0.875. The predicted molar refractivity (Wildman–Crippen MR) is 49.9 cm³/mol. The highest BCUT2D eigenvalue weighted by atomic mass is 32.2. The summed E-state index contributed by atoms with van der Waals surface area (Å²) in [5.74, 6) is 0.691. The SMILES string of the molecule is CC(=O)OSC[C@@H]1CCCN1C. The highest BCUT2D eigenvalue weighted by molar-refractivity contribution is 7.95. The topological polar surface area (TPSA) is 29.5 Å². The average molecular weight is 189 g/mol. The molecule has 4 heteroatoms. The van der Waals surface area contributed by atoms with Crippen molar-refractivity contribution >= 4 is 18.0 Å². The second-order valence-electron chi connectivity index (χ2n) is 3.14. The summed E-state index contributed by atoms with van der Waals surface area (Å²) >= 11 is 1.27. The van der Waals surface area contributed by atoms with Gasteiger partial charge in [-0.2, -0.15) is 0 Å². The summed E-state index contributed by atoms with van der Waals surface area (Å²) in [5.41, 5.74) is 0. The second kappa shape index (κ2) is 4.72. The van der Waals surface area contributed by atoms with E-state index in [1.165, 1.54) is 38.4 Å². The van der Waals surface area contributed by atoms with E-state index in [9.17, 15) is 4.79 Å². The van der Waals surface area contributed by atoms with E-state index in [4.69, 9.17) is 4.18 Å². The van der Waals surface area contributed by atoms with Crippen molar-refractivity contribution in [3.8, 4) is 0 Å². The maximum Gasteiger partial charge on any atom is 0.314 e. The van der Waals surface area contributed by atoms with E-state index < -0.39 is 0 Å². The van der Waals surface area contributed by atoms with Crippen molar-refractivity contribution in [2.24, 2.45) is 0 Å². The lowest BCUT2D eigenvalue weighted by atomic mass is 10.2. The second-order valence-corrected chi connectivity index (χ2v) is 3.87. The van der Waals surface area contributed by atoms with Crippen molar-refractivity contribution in [3.05, 3.63) is 0 Å². The molecule has 1 aliphatic heterocycles. The fourth-order valence-corrected chi connectivity index (χ4v) is 2.20. The van der Waals surface area contributed by atoms with Crippen molar-refractivity contribution in [3.63, 3.8) is 0 Å². The van der Waals surface area contributed by atoms with E-state index in [1.807, 2.05) is 0 Å². The molecule has 1 rings (SSSR count). The normalized spacial score (nSPS) is 24.3. The first-order chi connectivity index (χ1) is 5.70. The van der Waals surface area contributed by atoms with Gasteiger partial charge >= 0.3 is 5.97 Å². The van der Waals surface area contributed by atoms with Crippen LogP contribution in [0, 0.1) is 0 Å². The summed E-state index contributed by atoms with van der Waals surface area (Å²) in [4.78, 5) is 12.8. The molecule has 70 valence electrons. The molecule has 0 N–H and O–H groups in total.